The monoisotopic (exact) mass is 355 g/mol. The molecule has 6 nitrogen and oxygen atoms in total. The molecule has 0 unspecified atom stereocenters. The van der Waals surface area contributed by atoms with Gasteiger partial charge < -0.3 is 10.1 Å². The van der Waals surface area contributed by atoms with Gasteiger partial charge in [0.15, 0.2) is 0 Å². The third-order valence-corrected chi connectivity index (χ3v) is 4.74. The molecular weight excluding hydrogens is 328 g/mol. The fourth-order valence-corrected chi connectivity index (χ4v) is 3.11. The van der Waals surface area contributed by atoms with Crippen LogP contribution in [0.25, 0.3) is 11.1 Å². The Kier molecular flexibility index (Phi) is 6.28. The van der Waals surface area contributed by atoms with Gasteiger partial charge >= 0.3 is 0 Å². The van der Waals surface area contributed by atoms with Crippen LogP contribution in [-0.2, 0) is 11.8 Å². The lowest BCUT2D eigenvalue weighted by atomic mass is 9.99. The Morgan fingerprint density at radius 3 is 2.88 bits per heavy atom. The van der Waals surface area contributed by atoms with Crippen molar-refractivity contribution < 1.29 is 9.53 Å². The minimum atomic E-state index is 0.0684. The molecule has 0 atom stereocenters. The minimum Gasteiger partial charge on any atom is -0.492 e. The summed E-state index contributed by atoms with van der Waals surface area (Å²) in [5.74, 6) is 1.59. The summed E-state index contributed by atoms with van der Waals surface area (Å²) in [5.41, 5.74) is 2.04. The number of piperidine rings is 1. The summed E-state index contributed by atoms with van der Waals surface area (Å²) >= 11 is 0. The predicted molar refractivity (Wildman–Crippen MR) is 101 cm³/mol. The summed E-state index contributed by atoms with van der Waals surface area (Å²) in [6.07, 6.45) is 6.13. The molecule has 1 aliphatic heterocycles. The Balaban J connectivity index is 1.39. The van der Waals surface area contributed by atoms with Gasteiger partial charge in [-0.2, -0.15) is 5.10 Å². The van der Waals surface area contributed by atoms with Gasteiger partial charge in [0.05, 0.1) is 19.3 Å². The van der Waals surface area contributed by atoms with Gasteiger partial charge in [-0.25, -0.2) is 0 Å². The summed E-state index contributed by atoms with van der Waals surface area (Å²) in [7, 11) is 1.89. The van der Waals surface area contributed by atoms with E-state index in [1.807, 2.05) is 31.6 Å². The van der Waals surface area contributed by atoms with Gasteiger partial charge in [0, 0.05) is 18.8 Å². The number of likely N-dealkylation sites (tertiary alicyclic amines) is 1. The molecule has 0 bridgehead atoms. The van der Waals surface area contributed by atoms with E-state index in [1.165, 1.54) is 12.8 Å². The molecule has 0 spiro atoms. The number of amides is 1. The number of aromatic nitrogens is 2. The number of benzene rings is 1. The van der Waals surface area contributed by atoms with E-state index in [4.69, 9.17) is 4.74 Å². The van der Waals surface area contributed by atoms with Crippen LogP contribution in [0.15, 0.2) is 30.6 Å². The van der Waals surface area contributed by atoms with E-state index in [9.17, 15) is 4.79 Å². The Morgan fingerprint density at radius 1 is 1.35 bits per heavy atom. The van der Waals surface area contributed by atoms with Crippen molar-refractivity contribution >= 4 is 5.91 Å². The smallest absolute Gasteiger partial charge is 0.234 e. The van der Waals surface area contributed by atoms with Gasteiger partial charge in [0.2, 0.25) is 5.91 Å². The van der Waals surface area contributed by atoms with Crippen LogP contribution in [0.1, 0.15) is 19.8 Å². The van der Waals surface area contributed by atoms with Crippen molar-refractivity contribution in [1.29, 1.82) is 0 Å². The first-order valence-corrected chi connectivity index (χ1v) is 9.22. The number of rotatable bonds is 7. The molecule has 1 aliphatic rings. The van der Waals surface area contributed by atoms with Gasteiger partial charge in [-0.05, 0) is 61.7 Å². The van der Waals surface area contributed by atoms with E-state index < -0.39 is 0 Å². The minimum absolute atomic E-state index is 0.0684. The highest BCUT2D eigenvalue weighted by Gasteiger charge is 2.17. The first-order valence-electron chi connectivity index (χ1n) is 9.22. The molecule has 6 heteroatoms. The summed E-state index contributed by atoms with van der Waals surface area (Å²) in [6, 6.07) is 8.76. The average Bonchev–Trinajstić information content (AvgIpc) is 3.07. The second-order valence-corrected chi connectivity index (χ2v) is 7.02. The molecule has 1 radical (unpaired) electrons. The lowest BCUT2D eigenvalue weighted by molar-refractivity contribution is -0.122. The molecule has 1 aromatic heterocycles. The number of nitrogens with zero attached hydrogens (tertiary/aromatic N) is 3. The van der Waals surface area contributed by atoms with Gasteiger partial charge in [-0.1, -0.05) is 6.92 Å². The number of hydrogen-bond acceptors (Lipinski definition) is 4. The van der Waals surface area contributed by atoms with Gasteiger partial charge in [0.25, 0.3) is 0 Å². The van der Waals surface area contributed by atoms with E-state index in [2.05, 4.69) is 28.3 Å². The maximum atomic E-state index is 12.0. The zero-order valence-electron chi connectivity index (χ0n) is 15.6. The number of nitrogens with one attached hydrogen (secondary N) is 1. The lowest BCUT2D eigenvalue weighted by Crippen LogP contribution is -2.42. The maximum Gasteiger partial charge on any atom is 0.234 e. The lowest BCUT2D eigenvalue weighted by Gasteiger charge is -2.29. The first kappa shape index (κ1) is 18.5. The van der Waals surface area contributed by atoms with Crippen LogP contribution in [0.5, 0.6) is 5.75 Å². The van der Waals surface area contributed by atoms with Crippen molar-refractivity contribution in [3.8, 4) is 16.9 Å². The molecule has 26 heavy (non-hydrogen) atoms. The third-order valence-electron chi connectivity index (χ3n) is 4.74. The van der Waals surface area contributed by atoms with Gasteiger partial charge in [-0.3, -0.25) is 14.4 Å². The number of hydrogen-bond donors (Lipinski definition) is 1. The number of carbonyl (C=O) groups is 1. The van der Waals surface area contributed by atoms with E-state index in [0.29, 0.717) is 19.7 Å². The second-order valence-electron chi connectivity index (χ2n) is 7.02. The van der Waals surface area contributed by atoms with E-state index in [-0.39, 0.29) is 5.91 Å². The van der Waals surface area contributed by atoms with Crippen LogP contribution >= 0.6 is 0 Å². The Bertz CT molecular complexity index is 720. The van der Waals surface area contributed by atoms with Crippen molar-refractivity contribution in [2.24, 2.45) is 13.0 Å². The zero-order chi connectivity index (χ0) is 18.4. The van der Waals surface area contributed by atoms with Crippen LogP contribution in [0.3, 0.4) is 0 Å². The molecular formula is C20H27N4O2. The summed E-state index contributed by atoms with van der Waals surface area (Å²) in [4.78, 5) is 14.2. The van der Waals surface area contributed by atoms with E-state index >= 15 is 0 Å². The van der Waals surface area contributed by atoms with Crippen LogP contribution < -0.4 is 10.1 Å². The molecule has 1 N–H and O–H groups in total. The van der Waals surface area contributed by atoms with Crippen molar-refractivity contribution in [2.45, 2.75) is 19.8 Å². The SMILES string of the molecule is CC1CCN(CC(=O)NCCOc2c[c]cc(-c3cnn(C)c3)c2)CC1. The molecule has 2 aromatic rings. The Hall–Kier alpha value is -2.34. The molecule has 2 heterocycles. The van der Waals surface area contributed by atoms with E-state index in [0.717, 1.165) is 35.9 Å². The van der Waals surface area contributed by atoms with Crippen LogP contribution in [-0.4, -0.2) is 53.4 Å². The fourth-order valence-electron chi connectivity index (χ4n) is 3.11. The van der Waals surface area contributed by atoms with E-state index in [1.54, 1.807) is 10.7 Å². The molecule has 0 aliphatic carbocycles. The molecule has 1 fully saturated rings. The summed E-state index contributed by atoms with van der Waals surface area (Å²) < 4.78 is 7.51. The highest BCUT2D eigenvalue weighted by molar-refractivity contribution is 5.78. The predicted octanol–water partition coefficient (Wildman–Crippen LogP) is 2.11. The first-order chi connectivity index (χ1) is 12.6. The maximum absolute atomic E-state index is 12.0. The average molecular weight is 355 g/mol. The number of carbonyl (C=O) groups excluding carboxylic acids is 1. The molecule has 1 amide bonds. The number of aryl methyl sites for hydroxylation is 1. The Morgan fingerprint density at radius 2 is 2.15 bits per heavy atom. The number of ether oxygens (including phenoxy) is 1. The fraction of sp³-hybridized carbons (Fsp3) is 0.500. The van der Waals surface area contributed by atoms with Crippen molar-refractivity contribution in [2.75, 3.05) is 32.8 Å². The second kappa shape index (κ2) is 8.85. The summed E-state index contributed by atoms with van der Waals surface area (Å²) in [5, 5.41) is 7.11. The Labute approximate surface area is 155 Å². The molecule has 1 saturated heterocycles. The molecule has 139 valence electrons. The standard InChI is InChI=1S/C20H27N4O2/c1-16-6-9-24(10-7-16)15-20(25)21-8-11-26-19-5-3-4-17(12-19)18-13-22-23(2)14-18/h4-5,12-14,16H,6-11,15H2,1-2H3,(H,21,25). The normalized spacial score (nSPS) is 15.8. The van der Waals surface area contributed by atoms with Gasteiger partial charge in [-0.15, -0.1) is 0 Å². The van der Waals surface area contributed by atoms with Crippen molar-refractivity contribution in [1.82, 2.24) is 20.0 Å². The molecule has 0 saturated carbocycles. The topological polar surface area (TPSA) is 59.4 Å². The van der Waals surface area contributed by atoms with Crippen LogP contribution in [0.2, 0.25) is 0 Å². The third kappa shape index (κ3) is 5.33. The summed E-state index contributed by atoms with van der Waals surface area (Å²) in [6.45, 7) is 5.73. The van der Waals surface area contributed by atoms with Gasteiger partial charge in [0.1, 0.15) is 12.4 Å². The van der Waals surface area contributed by atoms with Crippen LogP contribution in [0.4, 0.5) is 0 Å². The van der Waals surface area contributed by atoms with Crippen molar-refractivity contribution in [3.05, 3.63) is 36.7 Å². The molecule has 1 aromatic carbocycles. The van der Waals surface area contributed by atoms with Crippen molar-refractivity contribution in [3.63, 3.8) is 0 Å². The zero-order valence-corrected chi connectivity index (χ0v) is 15.6. The highest BCUT2D eigenvalue weighted by Crippen LogP contribution is 2.22. The largest absolute Gasteiger partial charge is 0.492 e. The highest BCUT2D eigenvalue weighted by atomic mass is 16.5. The quantitative estimate of drug-likeness (QED) is 0.773. The van der Waals surface area contributed by atoms with Crippen LogP contribution in [0, 0.1) is 12.0 Å². The molecule has 3 rings (SSSR count).